The maximum absolute atomic E-state index is 11.8. The molecule has 0 fully saturated rings. The molecule has 1 N–H and O–H groups in total. The molecule has 0 saturated carbocycles. The van der Waals surface area contributed by atoms with Gasteiger partial charge in [0, 0.05) is 18.2 Å². The Bertz CT molecular complexity index is 711. The second-order valence-electron chi connectivity index (χ2n) is 5.26. The van der Waals surface area contributed by atoms with Crippen molar-refractivity contribution in [3.8, 4) is 5.75 Å². The molecule has 0 unspecified atom stereocenters. The normalized spacial score (nSPS) is 10.2. The summed E-state index contributed by atoms with van der Waals surface area (Å²) in [4.78, 5) is 22.1. The van der Waals surface area contributed by atoms with Crippen molar-refractivity contribution < 1.29 is 14.5 Å². The number of carbonyl (C=O) groups excluding carboxylic acids is 1. The predicted octanol–water partition coefficient (Wildman–Crippen LogP) is 2.91. The summed E-state index contributed by atoms with van der Waals surface area (Å²) < 4.78 is 5.36. The molecule has 0 aliphatic heterocycles. The summed E-state index contributed by atoms with van der Waals surface area (Å²) in [6.45, 7) is 3.93. The molecule has 0 aliphatic rings. The lowest BCUT2D eigenvalue weighted by Gasteiger charge is -2.08. The van der Waals surface area contributed by atoms with E-state index in [-0.39, 0.29) is 18.2 Å². The molecule has 6 heteroatoms. The number of nitro benzene ring substituents is 1. The maximum Gasteiger partial charge on any atom is 0.272 e. The van der Waals surface area contributed by atoms with E-state index >= 15 is 0 Å². The predicted molar refractivity (Wildman–Crippen MR) is 86.4 cm³/mol. The van der Waals surface area contributed by atoms with Gasteiger partial charge in [-0.1, -0.05) is 29.8 Å². The van der Waals surface area contributed by atoms with Crippen LogP contribution in [0.2, 0.25) is 0 Å². The maximum atomic E-state index is 11.8. The Labute approximate surface area is 134 Å². The molecule has 1 amide bonds. The van der Waals surface area contributed by atoms with E-state index in [4.69, 9.17) is 4.74 Å². The number of carbonyl (C=O) groups is 1. The summed E-state index contributed by atoms with van der Waals surface area (Å²) in [6, 6.07) is 12.3. The van der Waals surface area contributed by atoms with Crippen LogP contribution >= 0.6 is 0 Å². The van der Waals surface area contributed by atoms with Crippen LogP contribution in [-0.2, 0) is 11.3 Å². The van der Waals surface area contributed by atoms with Gasteiger partial charge in [-0.05, 0) is 31.5 Å². The number of benzene rings is 2. The molecule has 0 atom stereocenters. The van der Waals surface area contributed by atoms with Gasteiger partial charge in [-0.3, -0.25) is 14.9 Å². The third-order valence-corrected chi connectivity index (χ3v) is 3.35. The van der Waals surface area contributed by atoms with E-state index in [1.807, 2.05) is 31.2 Å². The fourth-order valence-electron chi connectivity index (χ4n) is 2.03. The molecule has 0 saturated heterocycles. The zero-order chi connectivity index (χ0) is 16.8. The van der Waals surface area contributed by atoms with E-state index < -0.39 is 4.92 Å². The molecule has 0 radical (unpaired) electrons. The van der Waals surface area contributed by atoms with E-state index in [0.717, 1.165) is 11.1 Å². The van der Waals surface area contributed by atoms with Gasteiger partial charge in [-0.15, -0.1) is 0 Å². The number of rotatable bonds is 6. The first kappa shape index (κ1) is 16.5. The molecule has 2 aromatic rings. The average molecular weight is 314 g/mol. The Hall–Kier alpha value is -2.89. The molecule has 0 spiro atoms. The molecule has 2 rings (SSSR count). The van der Waals surface area contributed by atoms with Crippen LogP contribution in [0.1, 0.15) is 16.7 Å². The quantitative estimate of drug-likeness (QED) is 0.656. The first-order chi connectivity index (χ1) is 11.0. The Morgan fingerprint density at radius 1 is 1.17 bits per heavy atom. The first-order valence-electron chi connectivity index (χ1n) is 7.16. The highest BCUT2D eigenvalue weighted by Gasteiger charge is 2.11. The van der Waals surface area contributed by atoms with Crippen LogP contribution in [0.15, 0.2) is 42.5 Å². The van der Waals surface area contributed by atoms with E-state index in [0.29, 0.717) is 17.9 Å². The van der Waals surface area contributed by atoms with Gasteiger partial charge in [0.2, 0.25) is 0 Å². The molecule has 0 bridgehead atoms. The minimum absolute atomic E-state index is 0.0289. The highest BCUT2D eigenvalue weighted by Crippen LogP contribution is 2.22. The fraction of sp³-hybridized carbons (Fsp3) is 0.235. The zero-order valence-corrected chi connectivity index (χ0v) is 13.0. The van der Waals surface area contributed by atoms with Crippen molar-refractivity contribution in [1.82, 2.24) is 5.32 Å². The van der Waals surface area contributed by atoms with Crippen LogP contribution in [0.4, 0.5) is 5.69 Å². The number of amides is 1. The lowest BCUT2D eigenvalue weighted by molar-refractivity contribution is -0.385. The monoisotopic (exact) mass is 314 g/mol. The van der Waals surface area contributed by atoms with Crippen molar-refractivity contribution in [3.63, 3.8) is 0 Å². The summed E-state index contributed by atoms with van der Waals surface area (Å²) in [5, 5.41) is 13.5. The van der Waals surface area contributed by atoms with Crippen LogP contribution in [0.5, 0.6) is 5.75 Å². The average Bonchev–Trinajstić information content (AvgIpc) is 2.52. The second-order valence-corrected chi connectivity index (χ2v) is 5.26. The fourth-order valence-corrected chi connectivity index (χ4v) is 2.03. The molecule has 0 aromatic heterocycles. The summed E-state index contributed by atoms with van der Waals surface area (Å²) in [7, 11) is 0. The molecule has 23 heavy (non-hydrogen) atoms. The Morgan fingerprint density at radius 2 is 1.87 bits per heavy atom. The molecule has 6 nitrogen and oxygen atoms in total. The van der Waals surface area contributed by atoms with Crippen molar-refractivity contribution >= 4 is 11.6 Å². The van der Waals surface area contributed by atoms with Gasteiger partial charge in [-0.2, -0.15) is 0 Å². The lowest BCUT2D eigenvalue weighted by atomic mass is 10.1. The zero-order valence-electron chi connectivity index (χ0n) is 13.0. The molecule has 0 heterocycles. The van der Waals surface area contributed by atoms with Crippen molar-refractivity contribution in [1.29, 1.82) is 0 Å². The summed E-state index contributed by atoms with van der Waals surface area (Å²) in [6.07, 6.45) is 0. The van der Waals surface area contributed by atoms with E-state index in [1.165, 1.54) is 12.1 Å². The summed E-state index contributed by atoms with van der Waals surface area (Å²) in [5.41, 5.74) is 2.70. The Kier molecular flexibility index (Phi) is 5.30. The van der Waals surface area contributed by atoms with Gasteiger partial charge < -0.3 is 10.1 Å². The van der Waals surface area contributed by atoms with E-state index in [9.17, 15) is 14.9 Å². The van der Waals surface area contributed by atoms with Gasteiger partial charge in [0.25, 0.3) is 11.6 Å². The van der Waals surface area contributed by atoms with Crippen molar-refractivity contribution in [2.75, 3.05) is 6.61 Å². The highest BCUT2D eigenvalue weighted by atomic mass is 16.6. The largest absolute Gasteiger partial charge is 0.484 e. The van der Waals surface area contributed by atoms with E-state index in [2.05, 4.69) is 5.32 Å². The summed E-state index contributed by atoms with van der Waals surface area (Å²) >= 11 is 0. The number of nitro groups is 1. The second kappa shape index (κ2) is 7.40. The lowest BCUT2D eigenvalue weighted by Crippen LogP contribution is -2.28. The third kappa shape index (κ3) is 4.81. The Balaban J connectivity index is 1.83. The smallest absolute Gasteiger partial charge is 0.272 e. The molecule has 2 aromatic carbocycles. The highest BCUT2D eigenvalue weighted by molar-refractivity contribution is 5.77. The van der Waals surface area contributed by atoms with Gasteiger partial charge in [0.1, 0.15) is 5.75 Å². The van der Waals surface area contributed by atoms with Gasteiger partial charge in [-0.25, -0.2) is 0 Å². The minimum Gasteiger partial charge on any atom is -0.484 e. The molecular weight excluding hydrogens is 296 g/mol. The van der Waals surface area contributed by atoms with Crippen LogP contribution in [0.3, 0.4) is 0 Å². The first-order valence-corrected chi connectivity index (χ1v) is 7.16. The van der Waals surface area contributed by atoms with Crippen LogP contribution in [-0.4, -0.2) is 17.4 Å². The Morgan fingerprint density at radius 3 is 2.48 bits per heavy atom. The number of hydrogen-bond acceptors (Lipinski definition) is 4. The molecule has 0 aliphatic carbocycles. The SMILES string of the molecule is Cc1ccc(CNC(=O)COc2ccc([N+](=O)[O-])c(C)c2)cc1. The van der Waals surface area contributed by atoms with E-state index in [1.54, 1.807) is 13.0 Å². The number of nitrogens with one attached hydrogen (secondary N) is 1. The van der Waals surface area contributed by atoms with Crippen molar-refractivity contribution in [3.05, 3.63) is 69.3 Å². The standard InChI is InChI=1S/C17H18N2O4/c1-12-3-5-14(6-4-12)10-18-17(20)11-23-15-7-8-16(19(21)22)13(2)9-15/h3-9H,10-11H2,1-2H3,(H,18,20). The number of hydrogen-bond donors (Lipinski definition) is 1. The molecular formula is C17H18N2O4. The van der Waals surface area contributed by atoms with Crippen molar-refractivity contribution in [2.24, 2.45) is 0 Å². The van der Waals surface area contributed by atoms with Gasteiger partial charge >= 0.3 is 0 Å². The third-order valence-electron chi connectivity index (χ3n) is 3.35. The number of aryl methyl sites for hydroxylation is 2. The van der Waals surface area contributed by atoms with Crippen LogP contribution in [0.25, 0.3) is 0 Å². The van der Waals surface area contributed by atoms with Crippen LogP contribution in [0, 0.1) is 24.0 Å². The topological polar surface area (TPSA) is 81.5 Å². The number of ether oxygens (including phenoxy) is 1. The molecule has 120 valence electrons. The van der Waals surface area contributed by atoms with Crippen molar-refractivity contribution in [2.45, 2.75) is 20.4 Å². The summed E-state index contributed by atoms with van der Waals surface area (Å²) in [5.74, 6) is 0.181. The van der Waals surface area contributed by atoms with Crippen LogP contribution < -0.4 is 10.1 Å². The number of nitrogens with zero attached hydrogens (tertiary/aromatic N) is 1. The van der Waals surface area contributed by atoms with Gasteiger partial charge in [0.15, 0.2) is 6.61 Å². The van der Waals surface area contributed by atoms with Gasteiger partial charge in [0.05, 0.1) is 4.92 Å². The minimum atomic E-state index is -0.451.